The monoisotopic (exact) mass is 289 g/mol. The van der Waals surface area contributed by atoms with Crippen LogP contribution in [0.5, 0.6) is 5.75 Å². The Kier molecular flexibility index (Phi) is 5.33. The number of nitrogens with zero attached hydrogens (tertiary/aromatic N) is 2. The van der Waals surface area contributed by atoms with E-state index in [9.17, 15) is 0 Å². The van der Waals surface area contributed by atoms with Crippen LogP contribution in [0.25, 0.3) is 0 Å². The van der Waals surface area contributed by atoms with Crippen LogP contribution < -0.4 is 10.1 Å². The summed E-state index contributed by atoms with van der Waals surface area (Å²) in [6.07, 6.45) is 0. The first kappa shape index (κ1) is 15.5. The third-order valence-electron chi connectivity index (χ3n) is 2.96. The van der Waals surface area contributed by atoms with Crippen molar-refractivity contribution in [3.63, 3.8) is 0 Å². The molecule has 0 aliphatic rings. The summed E-state index contributed by atoms with van der Waals surface area (Å²) >= 11 is 0. The highest BCUT2D eigenvalue weighted by Crippen LogP contribution is 2.16. The van der Waals surface area contributed by atoms with E-state index in [0.29, 0.717) is 24.4 Å². The van der Waals surface area contributed by atoms with Gasteiger partial charge in [-0.1, -0.05) is 45.0 Å². The van der Waals surface area contributed by atoms with E-state index >= 15 is 0 Å². The van der Waals surface area contributed by atoms with Crippen LogP contribution in [0.1, 0.15) is 50.9 Å². The number of ether oxygens (including phenoxy) is 1. The van der Waals surface area contributed by atoms with Crippen molar-refractivity contribution >= 4 is 0 Å². The second-order valence-electron chi connectivity index (χ2n) is 5.68. The number of aromatic nitrogens is 2. The molecule has 0 saturated carbocycles. The molecular weight excluding hydrogens is 266 g/mol. The highest BCUT2D eigenvalue weighted by Gasteiger charge is 2.10. The van der Waals surface area contributed by atoms with Crippen molar-refractivity contribution in [3.05, 3.63) is 41.5 Å². The van der Waals surface area contributed by atoms with Gasteiger partial charge in [-0.05, 0) is 17.7 Å². The Labute approximate surface area is 125 Å². The molecule has 2 rings (SSSR count). The molecule has 0 fully saturated rings. The molecule has 0 radical (unpaired) electrons. The molecule has 0 unspecified atom stereocenters. The fourth-order valence-corrected chi connectivity index (χ4v) is 1.78. The van der Waals surface area contributed by atoms with Gasteiger partial charge in [-0.25, -0.2) is 0 Å². The summed E-state index contributed by atoms with van der Waals surface area (Å²) in [6, 6.07) is 8.49. The first-order valence-electron chi connectivity index (χ1n) is 7.32. The third-order valence-corrected chi connectivity index (χ3v) is 2.96. The van der Waals surface area contributed by atoms with Crippen molar-refractivity contribution < 1.29 is 9.26 Å². The molecule has 1 heterocycles. The lowest BCUT2D eigenvalue weighted by atomic mass is 10.2. The first-order chi connectivity index (χ1) is 10.0. The van der Waals surface area contributed by atoms with E-state index in [1.54, 1.807) is 0 Å². The maximum atomic E-state index is 5.72. The molecule has 0 aliphatic heterocycles. The van der Waals surface area contributed by atoms with Gasteiger partial charge < -0.3 is 14.6 Å². The summed E-state index contributed by atoms with van der Waals surface area (Å²) in [6.45, 7) is 9.43. The van der Waals surface area contributed by atoms with Crippen LogP contribution in [0.15, 0.2) is 28.8 Å². The summed E-state index contributed by atoms with van der Waals surface area (Å²) in [4.78, 5) is 4.29. The fraction of sp³-hybridized carbons (Fsp3) is 0.500. The third kappa shape index (κ3) is 4.86. The number of hydrogen-bond donors (Lipinski definition) is 1. The molecule has 1 aromatic carbocycles. The Morgan fingerprint density at radius 3 is 2.71 bits per heavy atom. The first-order valence-corrected chi connectivity index (χ1v) is 7.32. The molecule has 1 N–H and O–H groups in total. The minimum absolute atomic E-state index is 0.233. The van der Waals surface area contributed by atoms with E-state index in [4.69, 9.17) is 9.26 Å². The van der Waals surface area contributed by atoms with Crippen molar-refractivity contribution in [3.8, 4) is 5.75 Å². The largest absolute Gasteiger partial charge is 0.485 e. The van der Waals surface area contributed by atoms with Gasteiger partial charge in [-0.2, -0.15) is 4.98 Å². The molecule has 0 amide bonds. The molecular formula is C16H23N3O2. The van der Waals surface area contributed by atoms with Gasteiger partial charge in [-0.3, -0.25) is 0 Å². The van der Waals surface area contributed by atoms with E-state index in [2.05, 4.69) is 35.4 Å². The zero-order chi connectivity index (χ0) is 15.2. The standard InChI is InChI=1S/C16H23N3O2/c1-11(2)16-18-15(19-21-16)10-20-14-7-5-6-13(8-14)9-17-12(3)4/h5-8,11-12,17H,9-10H2,1-4H3. The van der Waals surface area contributed by atoms with E-state index in [1.807, 2.05) is 32.0 Å². The minimum atomic E-state index is 0.233. The van der Waals surface area contributed by atoms with Gasteiger partial charge in [0.05, 0.1) is 0 Å². The van der Waals surface area contributed by atoms with Crippen LogP contribution in [-0.4, -0.2) is 16.2 Å². The summed E-state index contributed by atoms with van der Waals surface area (Å²) in [5.41, 5.74) is 1.19. The van der Waals surface area contributed by atoms with Crippen LogP contribution in [0.2, 0.25) is 0 Å². The van der Waals surface area contributed by atoms with Crippen molar-refractivity contribution in [1.29, 1.82) is 0 Å². The predicted octanol–water partition coefficient (Wildman–Crippen LogP) is 3.27. The van der Waals surface area contributed by atoms with Crippen molar-refractivity contribution in [2.24, 2.45) is 0 Å². The predicted molar refractivity (Wildman–Crippen MR) is 81.1 cm³/mol. The topological polar surface area (TPSA) is 60.2 Å². The van der Waals surface area contributed by atoms with E-state index in [-0.39, 0.29) is 5.92 Å². The number of nitrogens with one attached hydrogen (secondary N) is 1. The van der Waals surface area contributed by atoms with Crippen molar-refractivity contribution in [2.45, 2.75) is 52.8 Å². The minimum Gasteiger partial charge on any atom is -0.485 e. The number of benzene rings is 1. The van der Waals surface area contributed by atoms with Gasteiger partial charge in [0.1, 0.15) is 5.75 Å². The highest BCUT2D eigenvalue weighted by molar-refractivity contribution is 5.28. The quantitative estimate of drug-likeness (QED) is 0.847. The van der Waals surface area contributed by atoms with Crippen LogP contribution in [0.4, 0.5) is 0 Å². The van der Waals surface area contributed by atoms with Gasteiger partial charge in [0.15, 0.2) is 6.61 Å². The number of hydrogen-bond acceptors (Lipinski definition) is 5. The normalized spacial score (nSPS) is 11.3. The molecule has 0 atom stereocenters. The molecule has 1 aromatic heterocycles. The molecule has 5 heteroatoms. The van der Waals surface area contributed by atoms with Crippen molar-refractivity contribution in [2.75, 3.05) is 0 Å². The van der Waals surface area contributed by atoms with Gasteiger partial charge in [-0.15, -0.1) is 0 Å². The van der Waals surface area contributed by atoms with Crippen LogP contribution >= 0.6 is 0 Å². The molecule has 0 bridgehead atoms. The molecule has 0 aliphatic carbocycles. The highest BCUT2D eigenvalue weighted by atomic mass is 16.5. The maximum Gasteiger partial charge on any atom is 0.229 e. The SMILES string of the molecule is CC(C)NCc1cccc(OCc2noc(C(C)C)n2)c1. The number of rotatable bonds is 7. The Morgan fingerprint density at radius 1 is 1.24 bits per heavy atom. The Balaban J connectivity index is 1.91. The Morgan fingerprint density at radius 2 is 2.05 bits per heavy atom. The van der Waals surface area contributed by atoms with Gasteiger partial charge in [0.25, 0.3) is 0 Å². The van der Waals surface area contributed by atoms with Gasteiger partial charge in [0.2, 0.25) is 11.7 Å². The molecule has 5 nitrogen and oxygen atoms in total. The zero-order valence-corrected chi connectivity index (χ0v) is 13.1. The summed E-state index contributed by atoms with van der Waals surface area (Å²) in [5, 5.41) is 7.29. The fourth-order valence-electron chi connectivity index (χ4n) is 1.78. The maximum absolute atomic E-state index is 5.72. The van der Waals surface area contributed by atoms with Crippen LogP contribution in [0.3, 0.4) is 0 Å². The summed E-state index contributed by atoms with van der Waals surface area (Å²) < 4.78 is 10.9. The Hall–Kier alpha value is -1.88. The van der Waals surface area contributed by atoms with Gasteiger partial charge >= 0.3 is 0 Å². The average molecular weight is 289 g/mol. The van der Waals surface area contributed by atoms with Crippen LogP contribution in [-0.2, 0) is 13.2 Å². The van der Waals surface area contributed by atoms with E-state index in [0.717, 1.165) is 12.3 Å². The second kappa shape index (κ2) is 7.22. The molecule has 2 aromatic rings. The molecule has 0 spiro atoms. The smallest absolute Gasteiger partial charge is 0.229 e. The molecule has 114 valence electrons. The van der Waals surface area contributed by atoms with E-state index in [1.165, 1.54) is 5.56 Å². The van der Waals surface area contributed by atoms with E-state index < -0.39 is 0 Å². The Bertz CT molecular complexity index is 564. The summed E-state index contributed by atoms with van der Waals surface area (Å²) in [5.74, 6) is 2.26. The van der Waals surface area contributed by atoms with Crippen molar-refractivity contribution in [1.82, 2.24) is 15.5 Å². The van der Waals surface area contributed by atoms with Gasteiger partial charge in [0, 0.05) is 18.5 Å². The lowest BCUT2D eigenvalue weighted by molar-refractivity contribution is 0.284. The lowest BCUT2D eigenvalue weighted by Crippen LogP contribution is -2.21. The molecule has 21 heavy (non-hydrogen) atoms. The average Bonchev–Trinajstić information content (AvgIpc) is 2.92. The second-order valence-corrected chi connectivity index (χ2v) is 5.68. The lowest BCUT2D eigenvalue weighted by Gasteiger charge is -2.09. The molecule has 0 saturated heterocycles. The summed E-state index contributed by atoms with van der Waals surface area (Å²) in [7, 11) is 0. The van der Waals surface area contributed by atoms with Crippen LogP contribution in [0, 0.1) is 0 Å². The zero-order valence-electron chi connectivity index (χ0n) is 13.1.